The van der Waals surface area contributed by atoms with Crippen molar-refractivity contribution in [2.75, 3.05) is 7.11 Å². The summed E-state index contributed by atoms with van der Waals surface area (Å²) in [5.41, 5.74) is 0.453. The van der Waals surface area contributed by atoms with Gasteiger partial charge in [0.2, 0.25) is 5.88 Å². The van der Waals surface area contributed by atoms with Crippen LogP contribution in [0.25, 0.3) is 0 Å². The average Bonchev–Trinajstić information content (AvgIpc) is 2.96. The van der Waals surface area contributed by atoms with Gasteiger partial charge < -0.3 is 10.1 Å². The molecule has 0 radical (unpaired) electrons. The summed E-state index contributed by atoms with van der Waals surface area (Å²) in [5.74, 6) is 2.96. The third kappa shape index (κ3) is 3.11. The number of aromatic nitrogens is 2. The molecule has 6 rings (SSSR count). The smallest absolute Gasteiger partial charge is 0.273 e. The largest absolute Gasteiger partial charge is 0.480 e. The molecule has 4 bridgehead atoms. The van der Waals surface area contributed by atoms with Gasteiger partial charge in [0.1, 0.15) is 4.90 Å². The van der Waals surface area contributed by atoms with Crippen LogP contribution in [0.15, 0.2) is 40.1 Å². The Labute approximate surface area is 170 Å². The Bertz CT molecular complexity index is 857. The van der Waals surface area contributed by atoms with Gasteiger partial charge in [0.15, 0.2) is 5.69 Å². The maximum Gasteiger partial charge on any atom is 0.273 e. The number of amides is 1. The van der Waals surface area contributed by atoms with Crippen molar-refractivity contribution in [1.82, 2.24) is 15.1 Å². The molecule has 4 aliphatic carbocycles. The second kappa shape index (κ2) is 6.83. The van der Waals surface area contributed by atoms with Crippen LogP contribution in [0.3, 0.4) is 0 Å². The number of aryl methyl sites for hydroxylation is 1. The molecule has 148 valence electrons. The third-order valence-electron chi connectivity index (χ3n) is 6.74. The Balaban J connectivity index is 1.43. The molecule has 0 spiro atoms. The second-order valence-electron chi connectivity index (χ2n) is 8.88. The summed E-state index contributed by atoms with van der Waals surface area (Å²) in [7, 11) is 3.46. The van der Waals surface area contributed by atoms with Crippen LogP contribution >= 0.6 is 11.8 Å². The normalized spacial score (nSPS) is 30.4. The van der Waals surface area contributed by atoms with Gasteiger partial charge in [-0.3, -0.25) is 4.79 Å². The zero-order valence-corrected chi connectivity index (χ0v) is 17.3. The third-order valence-corrected chi connectivity index (χ3v) is 7.82. The Morgan fingerprint density at radius 3 is 2.32 bits per heavy atom. The van der Waals surface area contributed by atoms with Crippen molar-refractivity contribution in [1.29, 1.82) is 0 Å². The highest BCUT2D eigenvalue weighted by molar-refractivity contribution is 7.99. The molecule has 1 heterocycles. The topological polar surface area (TPSA) is 56.1 Å². The van der Waals surface area contributed by atoms with Crippen LogP contribution in [0.5, 0.6) is 5.88 Å². The Morgan fingerprint density at radius 1 is 1.14 bits per heavy atom. The van der Waals surface area contributed by atoms with Crippen LogP contribution in [-0.4, -0.2) is 28.3 Å². The number of carbonyl (C=O) groups excluding carboxylic acids is 1. The quantitative estimate of drug-likeness (QED) is 0.818. The van der Waals surface area contributed by atoms with Gasteiger partial charge in [-0.2, -0.15) is 5.10 Å². The van der Waals surface area contributed by atoms with Gasteiger partial charge in [0, 0.05) is 17.5 Å². The minimum absolute atomic E-state index is 0.0225. The first kappa shape index (κ1) is 18.1. The number of carbonyl (C=O) groups is 1. The maximum atomic E-state index is 13.4. The van der Waals surface area contributed by atoms with E-state index in [1.165, 1.54) is 31.0 Å². The molecular formula is C22H27N3O2S. The van der Waals surface area contributed by atoms with E-state index in [1.54, 1.807) is 11.8 Å². The van der Waals surface area contributed by atoms with Crippen LogP contribution in [-0.2, 0) is 7.05 Å². The number of ether oxygens (including phenoxy) is 1. The molecule has 4 fully saturated rings. The first-order valence-corrected chi connectivity index (χ1v) is 11.0. The molecule has 0 saturated heterocycles. The summed E-state index contributed by atoms with van der Waals surface area (Å²) in [6, 6.07) is 10.1. The molecule has 0 atom stereocenters. The molecule has 1 N–H and O–H groups in total. The standard InChI is InChI=1S/C22H27N3O2S/c1-25-21(27-2)19(28-17-6-4-3-5-7-17)18(24-25)20(26)23-22-11-14-8-15(12-22)10-16(9-14)13-22/h3-7,14-16H,8-13H2,1-2H3,(H,23,26). The fraction of sp³-hybridized carbons (Fsp3) is 0.545. The first-order valence-electron chi connectivity index (χ1n) is 10.2. The van der Waals surface area contributed by atoms with Gasteiger partial charge in [-0.05, 0) is 68.4 Å². The summed E-state index contributed by atoms with van der Waals surface area (Å²) in [6.07, 6.45) is 7.49. The number of hydrogen-bond donors (Lipinski definition) is 1. The SMILES string of the molecule is COc1c(Sc2ccccc2)c(C(=O)NC23CC4CC(CC(C4)C2)C3)nn1C. The highest BCUT2D eigenvalue weighted by atomic mass is 32.2. The van der Waals surface area contributed by atoms with Gasteiger partial charge in [-0.25, -0.2) is 4.68 Å². The van der Waals surface area contributed by atoms with Crippen LogP contribution in [0, 0.1) is 17.8 Å². The Kier molecular flexibility index (Phi) is 4.42. The van der Waals surface area contributed by atoms with Crippen LogP contribution in [0.2, 0.25) is 0 Å². The summed E-state index contributed by atoms with van der Waals surface area (Å²) in [4.78, 5) is 15.2. The van der Waals surface area contributed by atoms with E-state index < -0.39 is 0 Å². The average molecular weight is 398 g/mol. The minimum atomic E-state index is -0.0562. The van der Waals surface area contributed by atoms with E-state index >= 15 is 0 Å². The van der Waals surface area contributed by atoms with Crippen LogP contribution in [0.1, 0.15) is 49.0 Å². The fourth-order valence-corrected chi connectivity index (χ4v) is 7.19. The van der Waals surface area contributed by atoms with Gasteiger partial charge in [0.25, 0.3) is 5.91 Å². The summed E-state index contributed by atoms with van der Waals surface area (Å²) in [6.45, 7) is 0. The highest BCUT2D eigenvalue weighted by Gasteiger charge is 2.51. The van der Waals surface area contributed by atoms with Gasteiger partial charge in [-0.15, -0.1) is 0 Å². The molecular weight excluding hydrogens is 370 g/mol. The van der Waals surface area contributed by atoms with Crippen molar-refractivity contribution < 1.29 is 9.53 Å². The lowest BCUT2D eigenvalue weighted by Crippen LogP contribution is -2.59. The van der Waals surface area contributed by atoms with E-state index in [1.807, 2.05) is 37.4 Å². The van der Waals surface area contributed by atoms with Crippen molar-refractivity contribution in [3.63, 3.8) is 0 Å². The Morgan fingerprint density at radius 2 is 1.75 bits per heavy atom. The van der Waals surface area contributed by atoms with Crippen molar-refractivity contribution in [2.24, 2.45) is 24.8 Å². The minimum Gasteiger partial charge on any atom is -0.480 e. The van der Waals surface area contributed by atoms with E-state index in [9.17, 15) is 4.79 Å². The first-order chi connectivity index (χ1) is 13.5. The van der Waals surface area contributed by atoms with E-state index in [4.69, 9.17) is 4.74 Å². The highest BCUT2D eigenvalue weighted by Crippen LogP contribution is 2.55. The fourth-order valence-electron chi connectivity index (χ4n) is 6.12. The predicted molar refractivity (Wildman–Crippen MR) is 109 cm³/mol. The number of rotatable bonds is 5. The molecule has 1 amide bonds. The number of hydrogen-bond acceptors (Lipinski definition) is 4. The van der Waals surface area contributed by atoms with Gasteiger partial charge in [0.05, 0.1) is 7.11 Å². The second-order valence-corrected chi connectivity index (χ2v) is 9.96. The lowest BCUT2D eigenvalue weighted by atomic mass is 9.53. The Hall–Kier alpha value is -1.95. The number of methoxy groups -OCH3 is 1. The lowest BCUT2D eigenvalue weighted by molar-refractivity contribution is -0.0168. The van der Waals surface area contributed by atoms with Gasteiger partial charge in [-0.1, -0.05) is 30.0 Å². The predicted octanol–water partition coefficient (Wildman–Crippen LogP) is 4.28. The summed E-state index contributed by atoms with van der Waals surface area (Å²) in [5, 5.41) is 7.98. The maximum absolute atomic E-state index is 13.4. The van der Waals surface area contributed by atoms with E-state index in [0.717, 1.165) is 46.8 Å². The molecule has 2 aromatic rings. The molecule has 0 aliphatic heterocycles. The number of benzene rings is 1. The molecule has 6 heteroatoms. The lowest BCUT2D eigenvalue weighted by Gasteiger charge is -2.56. The van der Waals surface area contributed by atoms with Crippen molar-refractivity contribution in [3.8, 4) is 5.88 Å². The van der Waals surface area contributed by atoms with Crippen LogP contribution in [0.4, 0.5) is 0 Å². The molecule has 28 heavy (non-hydrogen) atoms. The number of nitrogens with zero attached hydrogens (tertiary/aromatic N) is 2. The zero-order valence-electron chi connectivity index (χ0n) is 16.5. The van der Waals surface area contributed by atoms with Crippen molar-refractivity contribution in [2.45, 2.75) is 53.9 Å². The van der Waals surface area contributed by atoms with Crippen LogP contribution < -0.4 is 10.1 Å². The van der Waals surface area contributed by atoms with E-state index in [-0.39, 0.29) is 11.4 Å². The van der Waals surface area contributed by atoms with Gasteiger partial charge >= 0.3 is 0 Å². The van der Waals surface area contributed by atoms with E-state index in [0.29, 0.717) is 11.6 Å². The molecule has 1 aromatic carbocycles. The molecule has 1 aromatic heterocycles. The molecule has 4 aliphatic rings. The van der Waals surface area contributed by atoms with E-state index in [2.05, 4.69) is 10.4 Å². The summed E-state index contributed by atoms with van der Waals surface area (Å²) >= 11 is 1.54. The summed E-state index contributed by atoms with van der Waals surface area (Å²) < 4.78 is 7.24. The molecule has 0 unspecified atom stereocenters. The van der Waals surface area contributed by atoms with Crippen molar-refractivity contribution >= 4 is 17.7 Å². The molecule has 4 saturated carbocycles. The number of nitrogens with one attached hydrogen (secondary N) is 1. The molecule has 5 nitrogen and oxygen atoms in total. The monoisotopic (exact) mass is 397 g/mol. The zero-order chi connectivity index (χ0) is 19.3. The van der Waals surface area contributed by atoms with Crippen molar-refractivity contribution in [3.05, 3.63) is 36.0 Å².